The quantitative estimate of drug-likeness (QED) is 0.576. The summed E-state index contributed by atoms with van der Waals surface area (Å²) in [6.07, 6.45) is 2.80. The second kappa shape index (κ2) is 4.15. The Morgan fingerprint density at radius 2 is 2.33 bits per heavy atom. The Bertz CT molecular complexity index is 273. The number of methoxy groups -OCH3 is 1. The first kappa shape index (κ1) is 9.12. The van der Waals surface area contributed by atoms with Crippen LogP contribution < -0.4 is 4.74 Å². The topological polar surface area (TPSA) is 52.1 Å². The standard InChI is InChI=1S/C7H7BrN2O2/c1-12-7-4-9-5(3-10-7)6(11)2-8/h3-4H,2H2,1H3. The summed E-state index contributed by atoms with van der Waals surface area (Å²) >= 11 is 3.04. The third kappa shape index (κ3) is 2.01. The lowest BCUT2D eigenvalue weighted by Crippen LogP contribution is -2.03. The normalized spacial score (nSPS) is 9.50. The first-order valence-corrected chi connectivity index (χ1v) is 4.35. The molecule has 1 aromatic heterocycles. The molecule has 5 heteroatoms. The number of ether oxygens (including phenoxy) is 1. The summed E-state index contributed by atoms with van der Waals surface area (Å²) in [5.41, 5.74) is 0.340. The number of Topliss-reactive ketones (excluding diaryl/α,β-unsaturated/α-hetero) is 1. The van der Waals surface area contributed by atoms with Crippen LogP contribution in [-0.2, 0) is 0 Å². The van der Waals surface area contributed by atoms with E-state index < -0.39 is 0 Å². The summed E-state index contributed by atoms with van der Waals surface area (Å²) in [6.45, 7) is 0. The first-order chi connectivity index (χ1) is 5.77. The summed E-state index contributed by atoms with van der Waals surface area (Å²) in [7, 11) is 1.50. The van der Waals surface area contributed by atoms with Gasteiger partial charge in [0, 0.05) is 0 Å². The molecule has 0 amide bonds. The molecule has 0 radical (unpaired) electrons. The monoisotopic (exact) mass is 230 g/mol. The molecule has 0 N–H and O–H groups in total. The van der Waals surface area contributed by atoms with Gasteiger partial charge in [-0.3, -0.25) is 4.79 Å². The number of aromatic nitrogens is 2. The zero-order valence-corrected chi connectivity index (χ0v) is 8.04. The van der Waals surface area contributed by atoms with Gasteiger partial charge in [-0.1, -0.05) is 15.9 Å². The average molecular weight is 231 g/mol. The van der Waals surface area contributed by atoms with Gasteiger partial charge in [-0.15, -0.1) is 0 Å². The Morgan fingerprint density at radius 1 is 1.58 bits per heavy atom. The predicted molar refractivity (Wildman–Crippen MR) is 46.7 cm³/mol. The largest absolute Gasteiger partial charge is 0.480 e. The average Bonchev–Trinajstić information content (AvgIpc) is 2.17. The van der Waals surface area contributed by atoms with Crippen LogP contribution in [0.15, 0.2) is 12.4 Å². The van der Waals surface area contributed by atoms with Gasteiger partial charge in [0.1, 0.15) is 5.69 Å². The van der Waals surface area contributed by atoms with Crippen molar-refractivity contribution in [3.63, 3.8) is 0 Å². The van der Waals surface area contributed by atoms with Crippen LogP contribution in [0.2, 0.25) is 0 Å². The molecule has 0 aromatic carbocycles. The Morgan fingerprint density at radius 3 is 2.75 bits per heavy atom. The maximum Gasteiger partial charge on any atom is 0.232 e. The second-order valence-electron chi connectivity index (χ2n) is 2.00. The minimum absolute atomic E-state index is 0.0925. The van der Waals surface area contributed by atoms with Gasteiger partial charge in [0.25, 0.3) is 0 Å². The van der Waals surface area contributed by atoms with Crippen molar-refractivity contribution in [3.05, 3.63) is 18.1 Å². The molecule has 0 aliphatic heterocycles. The minimum atomic E-state index is -0.0925. The van der Waals surface area contributed by atoms with Crippen molar-refractivity contribution in [1.82, 2.24) is 9.97 Å². The zero-order valence-electron chi connectivity index (χ0n) is 6.45. The molecule has 0 saturated carbocycles. The molecule has 0 unspecified atom stereocenters. The fourth-order valence-corrected chi connectivity index (χ4v) is 0.921. The first-order valence-electron chi connectivity index (χ1n) is 3.23. The zero-order chi connectivity index (χ0) is 8.97. The van der Waals surface area contributed by atoms with Crippen molar-refractivity contribution >= 4 is 21.7 Å². The van der Waals surface area contributed by atoms with Gasteiger partial charge in [0.05, 0.1) is 24.8 Å². The van der Waals surface area contributed by atoms with Crippen LogP contribution >= 0.6 is 15.9 Å². The summed E-state index contributed by atoms with van der Waals surface area (Å²) in [5, 5.41) is 0.258. The van der Waals surface area contributed by atoms with E-state index >= 15 is 0 Å². The summed E-state index contributed by atoms with van der Waals surface area (Å²) in [6, 6.07) is 0. The van der Waals surface area contributed by atoms with E-state index in [0.29, 0.717) is 11.6 Å². The summed E-state index contributed by atoms with van der Waals surface area (Å²) < 4.78 is 4.79. The predicted octanol–water partition coefficient (Wildman–Crippen LogP) is 1.06. The fraction of sp³-hybridized carbons (Fsp3) is 0.286. The smallest absolute Gasteiger partial charge is 0.232 e. The van der Waals surface area contributed by atoms with Crippen LogP contribution in [0.5, 0.6) is 5.88 Å². The van der Waals surface area contributed by atoms with Gasteiger partial charge in [-0.25, -0.2) is 9.97 Å². The molecule has 64 valence electrons. The number of halogens is 1. The van der Waals surface area contributed by atoms with Crippen molar-refractivity contribution in [3.8, 4) is 5.88 Å². The molecule has 1 heterocycles. The molecular weight excluding hydrogens is 224 g/mol. The van der Waals surface area contributed by atoms with Crippen LogP contribution in [0.1, 0.15) is 10.5 Å². The van der Waals surface area contributed by atoms with Crippen molar-refractivity contribution in [2.45, 2.75) is 0 Å². The van der Waals surface area contributed by atoms with Gasteiger partial charge >= 0.3 is 0 Å². The van der Waals surface area contributed by atoms with Crippen LogP contribution in [0, 0.1) is 0 Å². The van der Waals surface area contributed by atoms with Crippen molar-refractivity contribution < 1.29 is 9.53 Å². The molecule has 1 aromatic rings. The minimum Gasteiger partial charge on any atom is -0.480 e. The lowest BCUT2D eigenvalue weighted by Gasteiger charge is -1.97. The highest BCUT2D eigenvalue weighted by Gasteiger charge is 2.05. The Labute approximate surface area is 78.1 Å². The molecule has 4 nitrogen and oxygen atoms in total. The van der Waals surface area contributed by atoms with Crippen LogP contribution in [0.4, 0.5) is 0 Å². The molecule has 0 spiro atoms. The maximum atomic E-state index is 11.0. The Kier molecular flexibility index (Phi) is 3.16. The number of nitrogens with zero attached hydrogens (tertiary/aromatic N) is 2. The molecule has 0 bridgehead atoms. The van der Waals surface area contributed by atoms with Crippen molar-refractivity contribution in [1.29, 1.82) is 0 Å². The maximum absolute atomic E-state index is 11.0. The molecule has 0 saturated heterocycles. The molecule has 12 heavy (non-hydrogen) atoms. The number of rotatable bonds is 3. The molecule has 0 aliphatic carbocycles. The number of carbonyl (C=O) groups is 1. The van der Waals surface area contributed by atoms with E-state index in [9.17, 15) is 4.79 Å². The molecule has 0 fully saturated rings. The SMILES string of the molecule is COc1cnc(C(=O)CBr)cn1. The van der Waals surface area contributed by atoms with Crippen LogP contribution in [0.25, 0.3) is 0 Å². The Balaban J connectivity index is 2.84. The van der Waals surface area contributed by atoms with Crippen molar-refractivity contribution in [2.24, 2.45) is 0 Å². The number of ketones is 1. The molecule has 1 rings (SSSR count). The highest BCUT2D eigenvalue weighted by molar-refractivity contribution is 9.09. The second-order valence-corrected chi connectivity index (χ2v) is 2.56. The van der Waals surface area contributed by atoms with Crippen LogP contribution in [-0.4, -0.2) is 28.2 Å². The van der Waals surface area contributed by atoms with E-state index in [0.717, 1.165) is 0 Å². The highest BCUT2D eigenvalue weighted by atomic mass is 79.9. The van der Waals surface area contributed by atoms with E-state index in [4.69, 9.17) is 4.74 Å². The molecule has 0 aliphatic rings. The molecule has 0 atom stereocenters. The lowest BCUT2D eigenvalue weighted by atomic mass is 10.3. The summed E-state index contributed by atoms with van der Waals surface area (Å²) in [4.78, 5) is 18.7. The van der Waals surface area contributed by atoms with Crippen molar-refractivity contribution in [2.75, 3.05) is 12.4 Å². The van der Waals surface area contributed by atoms with E-state index in [1.807, 2.05) is 0 Å². The van der Waals surface area contributed by atoms with E-state index in [-0.39, 0.29) is 11.1 Å². The van der Waals surface area contributed by atoms with Gasteiger partial charge in [0.15, 0.2) is 5.78 Å². The summed E-state index contributed by atoms with van der Waals surface area (Å²) in [5.74, 6) is 0.311. The van der Waals surface area contributed by atoms with Gasteiger partial charge in [-0.05, 0) is 0 Å². The van der Waals surface area contributed by atoms with Gasteiger partial charge in [-0.2, -0.15) is 0 Å². The van der Waals surface area contributed by atoms with E-state index in [1.165, 1.54) is 19.5 Å². The number of hydrogen-bond donors (Lipinski definition) is 0. The van der Waals surface area contributed by atoms with Gasteiger partial charge < -0.3 is 4.74 Å². The lowest BCUT2D eigenvalue weighted by molar-refractivity contribution is 0.101. The number of carbonyl (C=O) groups excluding carboxylic acids is 1. The van der Waals surface area contributed by atoms with Crippen LogP contribution in [0.3, 0.4) is 0 Å². The molecular formula is C7H7BrN2O2. The van der Waals surface area contributed by atoms with E-state index in [2.05, 4.69) is 25.9 Å². The Hall–Kier alpha value is -0.970. The third-order valence-electron chi connectivity index (χ3n) is 1.24. The fourth-order valence-electron chi connectivity index (χ4n) is 0.634. The number of hydrogen-bond acceptors (Lipinski definition) is 4. The number of alkyl halides is 1. The van der Waals surface area contributed by atoms with E-state index in [1.54, 1.807) is 0 Å². The van der Waals surface area contributed by atoms with Gasteiger partial charge in [0.2, 0.25) is 5.88 Å². The highest BCUT2D eigenvalue weighted by Crippen LogP contribution is 2.03. The third-order valence-corrected chi connectivity index (χ3v) is 1.75.